The minimum Gasteiger partial charge on any atom is -0.377 e. The standard InChI is InChI=1S/C20H38N4O2.HI/c1-5-21-19(22-11-8-13-24-12-6-10-17(24)25)23-15-16-9-7-14-26-18(16)20(2,3)4;/h16,18H,5-15H2,1-4H3,(H2,21,22,23);1H. The second-order valence-corrected chi connectivity index (χ2v) is 8.54. The highest BCUT2D eigenvalue weighted by Crippen LogP contribution is 2.34. The molecule has 0 radical (unpaired) electrons. The molecule has 0 spiro atoms. The molecular formula is C20H39IN4O2. The van der Waals surface area contributed by atoms with Crippen LogP contribution in [0.3, 0.4) is 0 Å². The van der Waals surface area contributed by atoms with Crippen molar-refractivity contribution in [1.29, 1.82) is 0 Å². The van der Waals surface area contributed by atoms with Crippen LogP contribution in [0, 0.1) is 11.3 Å². The van der Waals surface area contributed by atoms with Crippen molar-refractivity contribution >= 4 is 35.8 Å². The molecule has 2 N–H and O–H groups in total. The van der Waals surface area contributed by atoms with E-state index in [4.69, 9.17) is 9.73 Å². The van der Waals surface area contributed by atoms with E-state index in [-0.39, 0.29) is 35.5 Å². The number of hydrogen-bond acceptors (Lipinski definition) is 3. The van der Waals surface area contributed by atoms with Gasteiger partial charge >= 0.3 is 0 Å². The Balaban J connectivity index is 0.00000364. The molecule has 2 atom stereocenters. The van der Waals surface area contributed by atoms with Gasteiger partial charge in [-0.2, -0.15) is 0 Å². The van der Waals surface area contributed by atoms with E-state index in [1.165, 1.54) is 6.42 Å². The molecule has 7 heteroatoms. The molecule has 2 saturated heterocycles. The fraction of sp³-hybridized carbons (Fsp3) is 0.900. The maximum absolute atomic E-state index is 11.7. The van der Waals surface area contributed by atoms with Crippen molar-refractivity contribution < 1.29 is 9.53 Å². The average Bonchev–Trinajstić information content (AvgIpc) is 3.01. The van der Waals surface area contributed by atoms with Crippen LogP contribution in [-0.4, -0.2) is 62.2 Å². The van der Waals surface area contributed by atoms with Crippen molar-refractivity contribution in [2.75, 3.05) is 39.3 Å². The van der Waals surface area contributed by atoms with E-state index in [0.717, 1.165) is 71.0 Å². The Bertz CT molecular complexity index is 479. The Morgan fingerprint density at radius 3 is 2.70 bits per heavy atom. The van der Waals surface area contributed by atoms with Gasteiger partial charge in [0.1, 0.15) is 0 Å². The molecule has 6 nitrogen and oxygen atoms in total. The number of likely N-dealkylation sites (tertiary alicyclic amines) is 1. The van der Waals surface area contributed by atoms with Crippen molar-refractivity contribution in [3.63, 3.8) is 0 Å². The molecule has 0 aromatic heterocycles. The van der Waals surface area contributed by atoms with Gasteiger partial charge in [-0.15, -0.1) is 24.0 Å². The first-order chi connectivity index (χ1) is 12.4. The van der Waals surface area contributed by atoms with Crippen molar-refractivity contribution in [3.05, 3.63) is 0 Å². The lowest BCUT2D eigenvalue weighted by Gasteiger charge is -2.39. The first-order valence-corrected chi connectivity index (χ1v) is 10.3. The lowest BCUT2D eigenvalue weighted by atomic mass is 9.78. The van der Waals surface area contributed by atoms with E-state index >= 15 is 0 Å². The molecule has 2 heterocycles. The van der Waals surface area contributed by atoms with E-state index in [9.17, 15) is 4.79 Å². The summed E-state index contributed by atoms with van der Waals surface area (Å²) >= 11 is 0. The van der Waals surface area contributed by atoms with Gasteiger partial charge in [0.15, 0.2) is 5.96 Å². The quantitative estimate of drug-likeness (QED) is 0.247. The molecule has 2 fully saturated rings. The van der Waals surface area contributed by atoms with E-state index in [2.05, 4.69) is 38.3 Å². The number of amides is 1. The zero-order chi connectivity index (χ0) is 19.0. The molecule has 1 amide bonds. The maximum atomic E-state index is 11.7. The Hall–Kier alpha value is -0.570. The predicted molar refractivity (Wildman–Crippen MR) is 122 cm³/mol. The molecular weight excluding hydrogens is 455 g/mol. The number of halogens is 1. The molecule has 2 aliphatic rings. The summed E-state index contributed by atoms with van der Waals surface area (Å²) in [6, 6.07) is 0. The third-order valence-corrected chi connectivity index (χ3v) is 5.20. The summed E-state index contributed by atoms with van der Waals surface area (Å²) in [4.78, 5) is 18.4. The second kappa shape index (κ2) is 12.1. The summed E-state index contributed by atoms with van der Waals surface area (Å²) in [6.07, 6.45) is 5.25. The number of nitrogens with one attached hydrogen (secondary N) is 2. The van der Waals surface area contributed by atoms with Crippen LogP contribution in [0.2, 0.25) is 0 Å². The van der Waals surface area contributed by atoms with Crippen LogP contribution in [0.1, 0.15) is 59.8 Å². The average molecular weight is 494 g/mol. The normalized spacial score (nSPS) is 23.9. The molecule has 27 heavy (non-hydrogen) atoms. The summed E-state index contributed by atoms with van der Waals surface area (Å²) in [5, 5.41) is 6.74. The van der Waals surface area contributed by atoms with Crippen LogP contribution < -0.4 is 10.6 Å². The van der Waals surface area contributed by atoms with Gasteiger partial charge in [0.2, 0.25) is 5.91 Å². The molecule has 0 aliphatic carbocycles. The molecule has 0 aromatic carbocycles. The van der Waals surface area contributed by atoms with Crippen LogP contribution in [-0.2, 0) is 9.53 Å². The fourth-order valence-corrected chi connectivity index (χ4v) is 3.95. The lowest BCUT2D eigenvalue weighted by Crippen LogP contribution is -2.43. The third-order valence-electron chi connectivity index (χ3n) is 5.20. The monoisotopic (exact) mass is 494 g/mol. The second-order valence-electron chi connectivity index (χ2n) is 8.54. The van der Waals surface area contributed by atoms with E-state index in [0.29, 0.717) is 11.8 Å². The van der Waals surface area contributed by atoms with E-state index in [1.807, 2.05) is 4.90 Å². The fourth-order valence-electron chi connectivity index (χ4n) is 3.95. The summed E-state index contributed by atoms with van der Waals surface area (Å²) in [6.45, 7) is 13.9. The molecule has 0 aromatic rings. The number of carbonyl (C=O) groups excluding carboxylic acids is 1. The molecule has 2 unspecified atom stereocenters. The summed E-state index contributed by atoms with van der Waals surface area (Å²) in [5.41, 5.74) is 0.147. The lowest BCUT2D eigenvalue weighted by molar-refractivity contribution is -0.127. The van der Waals surface area contributed by atoms with Crippen LogP contribution >= 0.6 is 24.0 Å². The zero-order valence-electron chi connectivity index (χ0n) is 17.6. The number of nitrogens with zero attached hydrogens (tertiary/aromatic N) is 2. The van der Waals surface area contributed by atoms with E-state index in [1.54, 1.807) is 0 Å². The predicted octanol–water partition coefficient (Wildman–Crippen LogP) is 3.01. The topological polar surface area (TPSA) is 66.0 Å². The number of guanidine groups is 1. The molecule has 2 aliphatic heterocycles. The minimum absolute atomic E-state index is 0. The molecule has 0 bridgehead atoms. The first-order valence-electron chi connectivity index (χ1n) is 10.3. The molecule has 158 valence electrons. The number of hydrogen-bond donors (Lipinski definition) is 2. The largest absolute Gasteiger partial charge is 0.377 e. The highest BCUT2D eigenvalue weighted by atomic mass is 127. The van der Waals surface area contributed by atoms with E-state index < -0.39 is 0 Å². The van der Waals surface area contributed by atoms with Crippen LogP contribution in [0.25, 0.3) is 0 Å². The Morgan fingerprint density at radius 1 is 1.30 bits per heavy atom. The highest BCUT2D eigenvalue weighted by molar-refractivity contribution is 14.0. The highest BCUT2D eigenvalue weighted by Gasteiger charge is 2.35. The van der Waals surface area contributed by atoms with Gasteiger partial charge in [0, 0.05) is 51.7 Å². The van der Waals surface area contributed by atoms with Crippen molar-refractivity contribution in [2.24, 2.45) is 16.3 Å². The summed E-state index contributed by atoms with van der Waals surface area (Å²) in [7, 11) is 0. The summed E-state index contributed by atoms with van der Waals surface area (Å²) in [5.74, 6) is 1.65. The summed E-state index contributed by atoms with van der Waals surface area (Å²) < 4.78 is 6.07. The molecule has 0 saturated carbocycles. The Morgan fingerprint density at radius 2 is 2.07 bits per heavy atom. The van der Waals surface area contributed by atoms with Crippen molar-refractivity contribution in [2.45, 2.75) is 65.9 Å². The number of rotatable bonds is 7. The van der Waals surface area contributed by atoms with Gasteiger partial charge in [-0.1, -0.05) is 20.8 Å². The molecule has 2 rings (SSSR count). The number of ether oxygens (including phenoxy) is 1. The number of carbonyl (C=O) groups is 1. The van der Waals surface area contributed by atoms with Crippen molar-refractivity contribution in [1.82, 2.24) is 15.5 Å². The van der Waals surface area contributed by atoms with Crippen molar-refractivity contribution in [3.8, 4) is 0 Å². The van der Waals surface area contributed by atoms with Crippen LogP contribution in [0.5, 0.6) is 0 Å². The van der Waals surface area contributed by atoms with Gasteiger partial charge in [0.05, 0.1) is 6.10 Å². The van der Waals surface area contributed by atoms with Crippen LogP contribution in [0.4, 0.5) is 0 Å². The minimum atomic E-state index is 0. The van der Waals surface area contributed by atoms with Gasteiger partial charge < -0.3 is 20.3 Å². The SMILES string of the molecule is CCNC(=NCC1CCCOC1C(C)(C)C)NCCCN1CCCC1=O.I. The van der Waals surface area contributed by atoms with Gasteiger partial charge in [-0.05, 0) is 38.0 Å². The Kier molecular flexibility index (Phi) is 11.0. The van der Waals surface area contributed by atoms with Gasteiger partial charge in [-0.3, -0.25) is 9.79 Å². The van der Waals surface area contributed by atoms with Crippen LogP contribution in [0.15, 0.2) is 4.99 Å². The van der Waals surface area contributed by atoms with Gasteiger partial charge in [0.25, 0.3) is 0 Å². The number of aliphatic imine (C=N–C) groups is 1. The smallest absolute Gasteiger partial charge is 0.222 e. The first kappa shape index (κ1) is 24.5. The zero-order valence-corrected chi connectivity index (χ0v) is 19.9. The third kappa shape index (κ3) is 8.13. The Labute approximate surface area is 182 Å². The van der Waals surface area contributed by atoms with Gasteiger partial charge in [-0.25, -0.2) is 0 Å². The maximum Gasteiger partial charge on any atom is 0.222 e.